The molecular formula is C14H23Cl2NO5S. The number of aryl methyl sites for hydroxylation is 1. The maximum Gasteiger partial charge on any atom is 0.333 e. The second-order valence-electron chi connectivity index (χ2n) is 4.84. The van der Waals surface area contributed by atoms with E-state index < -0.39 is 16.1 Å². The van der Waals surface area contributed by atoms with E-state index in [-0.39, 0.29) is 6.61 Å². The van der Waals surface area contributed by atoms with Crippen molar-refractivity contribution in [3.05, 3.63) is 33.8 Å². The molecule has 134 valence electrons. The van der Waals surface area contributed by atoms with Crippen molar-refractivity contribution in [3.63, 3.8) is 0 Å². The molecule has 0 aromatic heterocycles. The number of benzene rings is 1. The van der Waals surface area contributed by atoms with Gasteiger partial charge in [-0.25, -0.2) is 5.14 Å². The molecule has 0 aliphatic heterocycles. The third-order valence-corrected chi connectivity index (χ3v) is 4.07. The number of aliphatic hydroxyl groups is 2. The maximum atomic E-state index is 10.5. The summed E-state index contributed by atoms with van der Waals surface area (Å²) in [7, 11) is -3.85. The standard InChI is InChI=1S/C9H11Cl2NO3S.C5H12O2/c10-8-4-3-7(9(11)6-8)2-1-5-15-16(12,13)14;1-3-5(6,7)4-2/h3-4,6H,1-2,5H2,(H2,12,13,14);6-7H,3-4H2,1-2H3. The fourth-order valence-electron chi connectivity index (χ4n) is 1.41. The Morgan fingerprint density at radius 2 is 1.78 bits per heavy atom. The van der Waals surface area contributed by atoms with Gasteiger partial charge in [-0.05, 0) is 43.4 Å². The minimum Gasteiger partial charge on any atom is -0.366 e. The van der Waals surface area contributed by atoms with Crippen LogP contribution in [0.25, 0.3) is 0 Å². The second kappa shape index (κ2) is 10.5. The molecule has 4 N–H and O–H groups in total. The van der Waals surface area contributed by atoms with Crippen LogP contribution in [0.1, 0.15) is 38.7 Å². The van der Waals surface area contributed by atoms with Gasteiger partial charge in [0.2, 0.25) is 0 Å². The Balaban J connectivity index is 0.000000585. The highest BCUT2D eigenvalue weighted by atomic mass is 35.5. The van der Waals surface area contributed by atoms with Crippen LogP contribution in [0.5, 0.6) is 0 Å². The lowest BCUT2D eigenvalue weighted by atomic mass is 10.1. The first-order chi connectivity index (χ1) is 10.5. The molecule has 0 radical (unpaired) electrons. The van der Waals surface area contributed by atoms with E-state index in [1.165, 1.54) is 0 Å². The molecular weight excluding hydrogens is 365 g/mol. The van der Waals surface area contributed by atoms with Gasteiger partial charge in [0.25, 0.3) is 0 Å². The van der Waals surface area contributed by atoms with Gasteiger partial charge in [0.1, 0.15) is 0 Å². The molecule has 0 bridgehead atoms. The SMILES string of the molecule is CCC(O)(O)CC.NS(=O)(=O)OCCCc1ccc(Cl)cc1Cl. The first-order valence-corrected chi connectivity index (χ1v) is 9.29. The minimum atomic E-state index is -3.85. The molecule has 0 atom stereocenters. The molecule has 0 aliphatic rings. The molecule has 0 saturated carbocycles. The first-order valence-electron chi connectivity index (χ1n) is 7.06. The molecule has 1 aromatic carbocycles. The summed E-state index contributed by atoms with van der Waals surface area (Å²) in [6.07, 6.45) is 1.93. The van der Waals surface area contributed by atoms with Gasteiger partial charge in [-0.1, -0.05) is 43.1 Å². The molecule has 0 fully saturated rings. The fourth-order valence-corrected chi connectivity index (χ4v) is 2.27. The third kappa shape index (κ3) is 11.7. The summed E-state index contributed by atoms with van der Waals surface area (Å²) in [6, 6.07) is 5.16. The highest BCUT2D eigenvalue weighted by Crippen LogP contribution is 2.22. The molecule has 6 nitrogen and oxygen atoms in total. The van der Waals surface area contributed by atoms with Crippen molar-refractivity contribution < 1.29 is 22.8 Å². The van der Waals surface area contributed by atoms with E-state index >= 15 is 0 Å². The molecule has 0 amide bonds. The van der Waals surface area contributed by atoms with E-state index in [1.54, 1.807) is 32.0 Å². The van der Waals surface area contributed by atoms with Crippen molar-refractivity contribution >= 4 is 33.5 Å². The zero-order chi connectivity index (χ0) is 18.1. The fraction of sp³-hybridized carbons (Fsp3) is 0.571. The molecule has 1 aromatic rings. The largest absolute Gasteiger partial charge is 0.366 e. The summed E-state index contributed by atoms with van der Waals surface area (Å²) in [5, 5.41) is 23.2. The van der Waals surface area contributed by atoms with E-state index in [0.29, 0.717) is 35.7 Å². The van der Waals surface area contributed by atoms with E-state index in [2.05, 4.69) is 9.32 Å². The average molecular weight is 388 g/mol. The van der Waals surface area contributed by atoms with Gasteiger partial charge < -0.3 is 10.2 Å². The summed E-state index contributed by atoms with van der Waals surface area (Å²) in [5.41, 5.74) is 0.893. The molecule has 0 unspecified atom stereocenters. The Morgan fingerprint density at radius 3 is 2.17 bits per heavy atom. The van der Waals surface area contributed by atoms with Crippen LogP contribution in [0.15, 0.2) is 18.2 Å². The number of rotatable bonds is 7. The number of halogens is 2. The Hall–Kier alpha value is -0.410. The summed E-state index contributed by atoms with van der Waals surface area (Å²) in [6.45, 7) is 3.52. The van der Waals surface area contributed by atoms with Gasteiger partial charge >= 0.3 is 10.3 Å². The summed E-state index contributed by atoms with van der Waals surface area (Å²) < 4.78 is 25.3. The van der Waals surface area contributed by atoms with Crippen LogP contribution in [0.3, 0.4) is 0 Å². The van der Waals surface area contributed by atoms with Crippen molar-refractivity contribution in [2.75, 3.05) is 6.61 Å². The Labute approximate surface area is 147 Å². The lowest BCUT2D eigenvalue weighted by Crippen LogP contribution is -2.24. The molecule has 0 aliphatic carbocycles. The normalized spacial score (nSPS) is 11.8. The first kappa shape index (κ1) is 22.6. The molecule has 0 saturated heterocycles. The number of hydrogen-bond acceptors (Lipinski definition) is 5. The van der Waals surface area contributed by atoms with E-state index in [1.807, 2.05) is 0 Å². The smallest absolute Gasteiger partial charge is 0.333 e. The molecule has 9 heteroatoms. The Bertz CT molecular complexity index is 573. The van der Waals surface area contributed by atoms with E-state index in [0.717, 1.165) is 5.56 Å². The van der Waals surface area contributed by atoms with Crippen LogP contribution in [0, 0.1) is 0 Å². The highest BCUT2D eigenvalue weighted by Gasteiger charge is 2.15. The summed E-state index contributed by atoms with van der Waals surface area (Å²) in [5.74, 6) is -1.42. The predicted octanol–water partition coefficient (Wildman–Crippen LogP) is 2.63. The monoisotopic (exact) mass is 387 g/mol. The second-order valence-corrected chi connectivity index (χ2v) is 6.91. The average Bonchev–Trinajstić information content (AvgIpc) is 2.45. The zero-order valence-electron chi connectivity index (χ0n) is 13.1. The third-order valence-electron chi connectivity index (χ3n) is 2.99. The summed E-state index contributed by atoms with van der Waals surface area (Å²) in [4.78, 5) is 0. The Morgan fingerprint density at radius 1 is 1.22 bits per heavy atom. The van der Waals surface area contributed by atoms with Crippen LogP contribution in [0.2, 0.25) is 10.0 Å². The maximum absolute atomic E-state index is 10.5. The number of nitrogens with two attached hydrogens (primary N) is 1. The molecule has 1 rings (SSSR count). The van der Waals surface area contributed by atoms with Crippen LogP contribution in [-0.2, 0) is 20.9 Å². The van der Waals surface area contributed by atoms with Crippen molar-refractivity contribution in [2.24, 2.45) is 5.14 Å². The van der Waals surface area contributed by atoms with Crippen molar-refractivity contribution in [1.29, 1.82) is 0 Å². The van der Waals surface area contributed by atoms with Gasteiger partial charge in [0, 0.05) is 10.0 Å². The van der Waals surface area contributed by atoms with Gasteiger partial charge in [0.05, 0.1) is 6.61 Å². The van der Waals surface area contributed by atoms with Gasteiger partial charge in [-0.3, -0.25) is 4.18 Å². The topological polar surface area (TPSA) is 110 Å². The van der Waals surface area contributed by atoms with E-state index in [4.69, 9.17) is 33.4 Å². The lowest BCUT2D eigenvalue weighted by molar-refractivity contribution is -0.163. The van der Waals surface area contributed by atoms with E-state index in [9.17, 15) is 8.42 Å². The van der Waals surface area contributed by atoms with Gasteiger partial charge in [-0.2, -0.15) is 8.42 Å². The lowest BCUT2D eigenvalue weighted by Gasteiger charge is -2.15. The van der Waals surface area contributed by atoms with Gasteiger partial charge in [0.15, 0.2) is 5.79 Å². The highest BCUT2D eigenvalue weighted by molar-refractivity contribution is 7.84. The molecule has 0 heterocycles. The van der Waals surface area contributed by atoms with Crippen LogP contribution >= 0.6 is 23.2 Å². The van der Waals surface area contributed by atoms with Crippen molar-refractivity contribution in [2.45, 2.75) is 45.3 Å². The van der Waals surface area contributed by atoms with Crippen molar-refractivity contribution in [1.82, 2.24) is 0 Å². The minimum absolute atomic E-state index is 0.0395. The Kier molecular flexibility index (Phi) is 10.3. The van der Waals surface area contributed by atoms with Crippen molar-refractivity contribution in [3.8, 4) is 0 Å². The zero-order valence-corrected chi connectivity index (χ0v) is 15.5. The van der Waals surface area contributed by atoms with Gasteiger partial charge in [-0.15, -0.1) is 0 Å². The van der Waals surface area contributed by atoms with Crippen LogP contribution in [-0.4, -0.2) is 31.0 Å². The summed E-state index contributed by atoms with van der Waals surface area (Å²) >= 11 is 11.7. The molecule has 23 heavy (non-hydrogen) atoms. The predicted molar refractivity (Wildman–Crippen MR) is 91.6 cm³/mol. The quantitative estimate of drug-likeness (QED) is 0.491. The van der Waals surface area contributed by atoms with Crippen LogP contribution in [0.4, 0.5) is 0 Å². The van der Waals surface area contributed by atoms with Crippen LogP contribution < -0.4 is 5.14 Å². The molecule has 0 spiro atoms. The number of hydrogen-bond donors (Lipinski definition) is 3.